The molecule has 1 aromatic heterocycles. The van der Waals surface area contributed by atoms with E-state index in [2.05, 4.69) is 10.3 Å². The van der Waals surface area contributed by atoms with Crippen LogP contribution in [0.5, 0.6) is 0 Å². The second kappa shape index (κ2) is 4.79. The topological polar surface area (TPSA) is 50.9 Å². The first-order chi connectivity index (χ1) is 8.86. The highest BCUT2D eigenvalue weighted by atomic mass is 19.4. The molecule has 0 unspecified atom stereocenters. The molecule has 1 aromatic carbocycles. The zero-order chi connectivity index (χ0) is 14.0. The summed E-state index contributed by atoms with van der Waals surface area (Å²) >= 11 is 0. The van der Waals surface area contributed by atoms with Gasteiger partial charge >= 0.3 is 6.18 Å². The van der Waals surface area contributed by atoms with Crippen molar-refractivity contribution in [2.24, 2.45) is 0 Å². The number of aromatic nitrogens is 1. The molecule has 0 aliphatic carbocycles. The minimum absolute atomic E-state index is 0.187. The lowest BCUT2D eigenvalue weighted by atomic mass is 10.1. The SMILES string of the molecule is Cc1ccc(Nc2ccnc(N)c2)cc1C(F)(F)F. The van der Waals surface area contributed by atoms with Crippen molar-refractivity contribution in [2.45, 2.75) is 13.1 Å². The largest absolute Gasteiger partial charge is 0.416 e. The van der Waals surface area contributed by atoms with Crippen molar-refractivity contribution in [3.8, 4) is 0 Å². The molecule has 19 heavy (non-hydrogen) atoms. The monoisotopic (exact) mass is 267 g/mol. The van der Waals surface area contributed by atoms with E-state index < -0.39 is 11.7 Å². The first-order valence-electron chi connectivity index (χ1n) is 5.52. The van der Waals surface area contributed by atoms with Gasteiger partial charge in [-0.2, -0.15) is 13.2 Å². The van der Waals surface area contributed by atoms with Gasteiger partial charge in [0.1, 0.15) is 5.82 Å². The van der Waals surface area contributed by atoms with E-state index in [-0.39, 0.29) is 5.56 Å². The van der Waals surface area contributed by atoms with Gasteiger partial charge in [0.2, 0.25) is 0 Å². The lowest BCUT2D eigenvalue weighted by Crippen LogP contribution is -2.08. The van der Waals surface area contributed by atoms with Crippen LogP contribution in [-0.4, -0.2) is 4.98 Å². The van der Waals surface area contributed by atoms with Crippen molar-refractivity contribution in [3.05, 3.63) is 47.7 Å². The summed E-state index contributed by atoms with van der Waals surface area (Å²) < 4.78 is 38.3. The summed E-state index contributed by atoms with van der Waals surface area (Å²) in [6.07, 6.45) is -2.88. The quantitative estimate of drug-likeness (QED) is 0.871. The molecular weight excluding hydrogens is 255 g/mol. The molecule has 0 atom stereocenters. The average molecular weight is 267 g/mol. The molecule has 1 heterocycles. The molecule has 0 spiro atoms. The normalized spacial score (nSPS) is 11.4. The van der Waals surface area contributed by atoms with Crippen molar-refractivity contribution in [3.63, 3.8) is 0 Å². The summed E-state index contributed by atoms with van der Waals surface area (Å²) in [5.74, 6) is 0.299. The van der Waals surface area contributed by atoms with Crippen LogP contribution in [-0.2, 0) is 6.18 Å². The molecule has 0 fully saturated rings. The van der Waals surface area contributed by atoms with Gasteiger partial charge in [-0.05, 0) is 30.7 Å². The highest BCUT2D eigenvalue weighted by molar-refractivity contribution is 5.63. The summed E-state index contributed by atoms with van der Waals surface area (Å²) in [6.45, 7) is 1.43. The van der Waals surface area contributed by atoms with Crippen LogP contribution in [0.1, 0.15) is 11.1 Å². The predicted molar refractivity (Wildman–Crippen MR) is 68.1 cm³/mol. The number of hydrogen-bond donors (Lipinski definition) is 2. The van der Waals surface area contributed by atoms with Gasteiger partial charge in [0.05, 0.1) is 5.56 Å². The summed E-state index contributed by atoms with van der Waals surface area (Å²) in [5.41, 5.74) is 5.98. The number of nitrogens with one attached hydrogen (secondary N) is 1. The van der Waals surface area contributed by atoms with Crippen molar-refractivity contribution in [2.75, 3.05) is 11.1 Å². The lowest BCUT2D eigenvalue weighted by molar-refractivity contribution is -0.138. The van der Waals surface area contributed by atoms with Gasteiger partial charge in [0, 0.05) is 23.6 Å². The first-order valence-corrected chi connectivity index (χ1v) is 5.52. The Kier molecular flexibility index (Phi) is 3.33. The van der Waals surface area contributed by atoms with Crippen molar-refractivity contribution in [1.82, 2.24) is 4.98 Å². The number of benzene rings is 1. The molecule has 0 saturated heterocycles. The highest BCUT2D eigenvalue weighted by Gasteiger charge is 2.32. The summed E-state index contributed by atoms with van der Waals surface area (Å²) in [5, 5.41) is 2.86. The molecule has 0 radical (unpaired) electrons. The van der Waals surface area contributed by atoms with E-state index in [1.165, 1.54) is 19.2 Å². The molecule has 2 rings (SSSR count). The Hall–Kier alpha value is -2.24. The molecule has 6 heteroatoms. The van der Waals surface area contributed by atoms with Gasteiger partial charge in [-0.15, -0.1) is 0 Å². The third-order valence-corrected chi connectivity index (χ3v) is 2.61. The van der Waals surface area contributed by atoms with Crippen LogP contribution in [0, 0.1) is 6.92 Å². The second-order valence-electron chi connectivity index (χ2n) is 4.12. The molecule has 0 bridgehead atoms. The van der Waals surface area contributed by atoms with Gasteiger partial charge < -0.3 is 11.1 Å². The molecular formula is C13H12F3N3. The predicted octanol–water partition coefficient (Wildman–Crippen LogP) is 3.73. The first kappa shape index (κ1) is 13.2. The zero-order valence-corrected chi connectivity index (χ0v) is 10.1. The average Bonchev–Trinajstić information content (AvgIpc) is 2.30. The Labute approximate surface area is 108 Å². The number of nitrogens with zero attached hydrogens (tertiary/aromatic N) is 1. The van der Waals surface area contributed by atoms with Crippen LogP contribution in [0.2, 0.25) is 0 Å². The molecule has 0 aliphatic rings. The summed E-state index contributed by atoms with van der Waals surface area (Å²) in [4.78, 5) is 3.81. The van der Waals surface area contributed by atoms with E-state index in [1.807, 2.05) is 0 Å². The Balaban J connectivity index is 2.32. The van der Waals surface area contributed by atoms with E-state index in [9.17, 15) is 13.2 Å². The fraction of sp³-hybridized carbons (Fsp3) is 0.154. The third-order valence-electron chi connectivity index (χ3n) is 2.61. The molecule has 2 aromatic rings. The Morgan fingerprint density at radius 3 is 2.42 bits per heavy atom. The van der Waals surface area contributed by atoms with Crippen molar-refractivity contribution in [1.29, 1.82) is 0 Å². The van der Waals surface area contributed by atoms with E-state index in [0.717, 1.165) is 6.07 Å². The van der Waals surface area contributed by atoms with Crippen LogP contribution < -0.4 is 11.1 Å². The van der Waals surface area contributed by atoms with Gasteiger partial charge in [0.15, 0.2) is 0 Å². The zero-order valence-electron chi connectivity index (χ0n) is 10.1. The highest BCUT2D eigenvalue weighted by Crippen LogP contribution is 2.34. The lowest BCUT2D eigenvalue weighted by Gasteiger charge is -2.13. The number of nitrogen functional groups attached to an aromatic ring is 1. The maximum atomic E-state index is 12.8. The third kappa shape index (κ3) is 3.15. The molecule has 0 aliphatic heterocycles. The van der Waals surface area contributed by atoms with Gasteiger partial charge in [-0.3, -0.25) is 0 Å². The molecule has 0 amide bonds. The van der Waals surface area contributed by atoms with Gasteiger partial charge in [-0.25, -0.2) is 4.98 Å². The number of aryl methyl sites for hydroxylation is 1. The number of rotatable bonds is 2. The maximum absolute atomic E-state index is 12.8. The van der Waals surface area contributed by atoms with Crippen LogP contribution >= 0.6 is 0 Å². The molecule has 0 saturated carbocycles. The van der Waals surface area contributed by atoms with E-state index in [0.29, 0.717) is 17.2 Å². The Morgan fingerprint density at radius 2 is 1.79 bits per heavy atom. The van der Waals surface area contributed by atoms with Gasteiger partial charge in [-0.1, -0.05) is 6.07 Å². The molecule has 3 N–H and O–H groups in total. The summed E-state index contributed by atoms with van der Waals surface area (Å²) in [7, 11) is 0. The number of nitrogens with two attached hydrogens (primary N) is 1. The number of anilines is 3. The van der Waals surface area contributed by atoms with Crippen LogP contribution in [0.4, 0.5) is 30.4 Å². The molecule has 3 nitrogen and oxygen atoms in total. The van der Waals surface area contributed by atoms with Crippen LogP contribution in [0.3, 0.4) is 0 Å². The van der Waals surface area contributed by atoms with Crippen LogP contribution in [0.25, 0.3) is 0 Å². The summed E-state index contributed by atoms with van der Waals surface area (Å²) in [6, 6.07) is 7.26. The smallest absolute Gasteiger partial charge is 0.384 e. The fourth-order valence-corrected chi connectivity index (χ4v) is 1.70. The number of hydrogen-bond acceptors (Lipinski definition) is 3. The number of halogens is 3. The van der Waals surface area contributed by atoms with Crippen LogP contribution in [0.15, 0.2) is 36.5 Å². The maximum Gasteiger partial charge on any atom is 0.416 e. The Bertz CT molecular complexity index is 594. The van der Waals surface area contributed by atoms with Gasteiger partial charge in [0.25, 0.3) is 0 Å². The van der Waals surface area contributed by atoms with E-state index >= 15 is 0 Å². The van der Waals surface area contributed by atoms with Crippen molar-refractivity contribution < 1.29 is 13.2 Å². The fourth-order valence-electron chi connectivity index (χ4n) is 1.70. The molecule has 100 valence electrons. The second-order valence-corrected chi connectivity index (χ2v) is 4.12. The number of pyridine rings is 1. The van der Waals surface area contributed by atoms with E-state index in [1.54, 1.807) is 18.2 Å². The van der Waals surface area contributed by atoms with E-state index in [4.69, 9.17) is 5.73 Å². The number of alkyl halides is 3. The standard InChI is InChI=1S/C13H12F3N3/c1-8-2-3-9(6-11(8)13(14,15)16)19-10-4-5-18-12(17)7-10/h2-7H,1H3,(H3,17,18,19). The Morgan fingerprint density at radius 1 is 1.11 bits per heavy atom. The minimum atomic E-state index is -4.36. The minimum Gasteiger partial charge on any atom is -0.384 e. The van der Waals surface area contributed by atoms with Crippen molar-refractivity contribution >= 4 is 17.2 Å².